The van der Waals surface area contributed by atoms with Gasteiger partial charge in [0.05, 0.1) is 5.56 Å². The Morgan fingerprint density at radius 1 is 1.38 bits per heavy atom. The van der Waals surface area contributed by atoms with Gasteiger partial charge >= 0.3 is 5.97 Å². The fraction of sp³-hybridized carbons (Fsp3) is 0.357. The Morgan fingerprint density at radius 2 is 2.19 bits per heavy atom. The third-order valence-electron chi connectivity index (χ3n) is 3.57. The molecule has 7 heteroatoms. The van der Waals surface area contributed by atoms with Crippen molar-refractivity contribution < 1.29 is 19.1 Å². The minimum absolute atomic E-state index is 0.0148. The zero-order chi connectivity index (χ0) is 15.0. The Bertz CT molecular complexity index is 709. The number of hydrogen-bond acceptors (Lipinski definition) is 5. The lowest BCUT2D eigenvalue weighted by Gasteiger charge is -2.16. The van der Waals surface area contributed by atoms with Gasteiger partial charge in [0.25, 0.3) is 6.01 Å². The van der Waals surface area contributed by atoms with Crippen LogP contribution in [0.3, 0.4) is 0 Å². The van der Waals surface area contributed by atoms with E-state index in [9.17, 15) is 9.59 Å². The maximum absolute atomic E-state index is 11.9. The second kappa shape index (κ2) is 5.08. The van der Waals surface area contributed by atoms with Crippen molar-refractivity contribution in [2.24, 2.45) is 0 Å². The summed E-state index contributed by atoms with van der Waals surface area (Å²) >= 11 is 0. The van der Waals surface area contributed by atoms with Crippen LogP contribution >= 0.6 is 0 Å². The van der Waals surface area contributed by atoms with E-state index in [1.165, 1.54) is 12.1 Å². The van der Waals surface area contributed by atoms with Crippen molar-refractivity contribution in [2.45, 2.75) is 6.42 Å². The molecule has 0 atom stereocenters. The van der Waals surface area contributed by atoms with E-state index in [1.807, 2.05) is 0 Å². The van der Waals surface area contributed by atoms with Gasteiger partial charge in [-0.2, -0.15) is 4.98 Å². The van der Waals surface area contributed by atoms with Gasteiger partial charge in [-0.05, 0) is 24.6 Å². The monoisotopic (exact) mass is 289 g/mol. The number of nitrogens with zero attached hydrogens (tertiary/aromatic N) is 3. The molecule has 0 radical (unpaired) electrons. The second-order valence-electron chi connectivity index (χ2n) is 5.07. The Morgan fingerprint density at radius 3 is 2.95 bits per heavy atom. The van der Waals surface area contributed by atoms with Crippen molar-refractivity contribution in [3.63, 3.8) is 0 Å². The highest BCUT2D eigenvalue weighted by Gasteiger charge is 2.22. The summed E-state index contributed by atoms with van der Waals surface area (Å²) in [5.74, 6) is -0.998. The number of amides is 1. The molecular weight excluding hydrogens is 274 g/mol. The molecule has 1 amide bonds. The van der Waals surface area contributed by atoms with Crippen LogP contribution < -0.4 is 4.90 Å². The third kappa shape index (κ3) is 2.54. The molecule has 1 saturated heterocycles. The highest BCUT2D eigenvalue weighted by molar-refractivity contribution is 5.92. The van der Waals surface area contributed by atoms with Gasteiger partial charge in [0.1, 0.15) is 12.1 Å². The highest BCUT2D eigenvalue weighted by atomic mass is 16.4. The number of aromatic carboxylic acids is 1. The van der Waals surface area contributed by atoms with E-state index in [4.69, 9.17) is 9.52 Å². The molecule has 0 unspecified atom stereocenters. The molecule has 1 fully saturated rings. The number of oxazole rings is 1. The Hall–Kier alpha value is -2.57. The van der Waals surface area contributed by atoms with Crippen molar-refractivity contribution in [2.75, 3.05) is 31.6 Å². The maximum Gasteiger partial charge on any atom is 0.335 e. The van der Waals surface area contributed by atoms with Crippen LogP contribution in [0.5, 0.6) is 0 Å². The summed E-state index contributed by atoms with van der Waals surface area (Å²) in [5.41, 5.74) is 1.15. The number of carboxylic acid groups (broad SMARTS) is 1. The summed E-state index contributed by atoms with van der Waals surface area (Å²) in [6, 6.07) is 4.90. The summed E-state index contributed by atoms with van der Waals surface area (Å²) in [5, 5.41) is 8.98. The molecule has 21 heavy (non-hydrogen) atoms. The molecule has 110 valence electrons. The molecule has 0 saturated carbocycles. The van der Waals surface area contributed by atoms with Crippen LogP contribution in [0.2, 0.25) is 0 Å². The summed E-state index contributed by atoms with van der Waals surface area (Å²) in [4.78, 5) is 30.7. The van der Waals surface area contributed by atoms with E-state index < -0.39 is 5.97 Å². The zero-order valence-corrected chi connectivity index (χ0v) is 11.6. The molecule has 2 aromatic rings. The molecule has 0 spiro atoms. The van der Waals surface area contributed by atoms with Crippen LogP contribution in [0.4, 0.5) is 6.01 Å². The van der Waals surface area contributed by atoms with E-state index in [0.29, 0.717) is 30.2 Å². The van der Waals surface area contributed by atoms with Crippen LogP contribution in [-0.2, 0) is 4.79 Å². The topological polar surface area (TPSA) is 86.9 Å². The highest BCUT2D eigenvalue weighted by Crippen LogP contribution is 2.24. The summed E-state index contributed by atoms with van der Waals surface area (Å²) in [6.45, 7) is 1.60. The summed E-state index contributed by atoms with van der Waals surface area (Å²) in [7, 11) is 1.77. The SMILES string of the molecule is CN1CCCN(c2nc3ccc(C(=O)O)cc3o2)CC1=O. The predicted molar refractivity (Wildman–Crippen MR) is 75.4 cm³/mol. The molecule has 7 nitrogen and oxygen atoms in total. The van der Waals surface area contributed by atoms with Gasteiger partial charge in [-0.3, -0.25) is 4.79 Å². The van der Waals surface area contributed by atoms with Crippen molar-refractivity contribution in [1.82, 2.24) is 9.88 Å². The zero-order valence-electron chi connectivity index (χ0n) is 11.6. The first-order valence-corrected chi connectivity index (χ1v) is 6.67. The molecule has 1 aromatic heterocycles. The van der Waals surface area contributed by atoms with Crippen molar-refractivity contribution in [3.05, 3.63) is 23.8 Å². The molecule has 1 aliphatic heterocycles. The van der Waals surface area contributed by atoms with E-state index in [0.717, 1.165) is 6.42 Å². The first-order chi connectivity index (χ1) is 10.0. The number of fused-ring (bicyclic) bond motifs is 1. The number of benzene rings is 1. The molecule has 0 aliphatic carbocycles. The smallest absolute Gasteiger partial charge is 0.335 e. The van der Waals surface area contributed by atoms with Crippen LogP contribution in [0, 0.1) is 0 Å². The third-order valence-corrected chi connectivity index (χ3v) is 3.57. The molecule has 1 aliphatic rings. The van der Waals surface area contributed by atoms with Gasteiger partial charge < -0.3 is 19.3 Å². The number of carbonyl (C=O) groups is 2. The van der Waals surface area contributed by atoms with Gasteiger partial charge in [0.2, 0.25) is 5.91 Å². The standard InChI is InChI=1S/C14H15N3O4/c1-16-5-2-6-17(8-12(16)18)14-15-10-4-3-9(13(19)20)7-11(10)21-14/h3-4,7H,2,5-6,8H2,1H3,(H,19,20). The minimum atomic E-state index is -1.01. The van der Waals surface area contributed by atoms with E-state index >= 15 is 0 Å². The van der Waals surface area contributed by atoms with E-state index in [2.05, 4.69) is 4.98 Å². The summed E-state index contributed by atoms with van der Waals surface area (Å²) < 4.78 is 5.62. The van der Waals surface area contributed by atoms with E-state index in [1.54, 1.807) is 22.9 Å². The van der Waals surface area contributed by atoms with Crippen LogP contribution in [0.1, 0.15) is 16.8 Å². The largest absolute Gasteiger partial charge is 0.478 e. The lowest BCUT2D eigenvalue weighted by molar-refractivity contribution is -0.127. The lowest BCUT2D eigenvalue weighted by Crippen LogP contribution is -2.34. The maximum atomic E-state index is 11.9. The number of hydrogen-bond donors (Lipinski definition) is 1. The Kier molecular flexibility index (Phi) is 3.25. The van der Waals surface area contributed by atoms with Crippen LogP contribution in [0.15, 0.2) is 22.6 Å². The number of carboxylic acids is 1. The molecule has 1 aromatic carbocycles. The van der Waals surface area contributed by atoms with Gasteiger partial charge in [-0.1, -0.05) is 0 Å². The predicted octanol–water partition coefficient (Wildman–Crippen LogP) is 1.19. The number of likely N-dealkylation sites (N-methyl/N-ethyl adjacent to an activating group) is 1. The first kappa shape index (κ1) is 13.4. The van der Waals surface area contributed by atoms with Crippen molar-refractivity contribution >= 4 is 29.0 Å². The van der Waals surface area contributed by atoms with Gasteiger partial charge in [-0.25, -0.2) is 4.79 Å². The number of rotatable bonds is 2. The Labute approximate surface area is 120 Å². The minimum Gasteiger partial charge on any atom is -0.478 e. The van der Waals surface area contributed by atoms with Crippen molar-refractivity contribution in [1.29, 1.82) is 0 Å². The van der Waals surface area contributed by atoms with E-state index in [-0.39, 0.29) is 18.0 Å². The Balaban J connectivity index is 1.93. The van der Waals surface area contributed by atoms with Crippen LogP contribution in [-0.4, -0.2) is 53.5 Å². The quantitative estimate of drug-likeness (QED) is 0.893. The molecular formula is C14H15N3O4. The number of anilines is 1. The lowest BCUT2D eigenvalue weighted by atomic mass is 10.2. The average Bonchev–Trinajstić information content (AvgIpc) is 2.80. The first-order valence-electron chi connectivity index (χ1n) is 6.67. The number of aromatic nitrogens is 1. The van der Waals surface area contributed by atoms with Crippen LogP contribution in [0.25, 0.3) is 11.1 Å². The van der Waals surface area contributed by atoms with Gasteiger partial charge in [0, 0.05) is 20.1 Å². The fourth-order valence-corrected chi connectivity index (χ4v) is 2.33. The fourth-order valence-electron chi connectivity index (χ4n) is 2.33. The molecule has 2 heterocycles. The number of carbonyl (C=O) groups excluding carboxylic acids is 1. The van der Waals surface area contributed by atoms with Gasteiger partial charge in [-0.15, -0.1) is 0 Å². The second-order valence-corrected chi connectivity index (χ2v) is 5.07. The van der Waals surface area contributed by atoms with Crippen molar-refractivity contribution in [3.8, 4) is 0 Å². The summed E-state index contributed by atoms with van der Waals surface area (Å²) in [6.07, 6.45) is 0.835. The molecule has 3 rings (SSSR count). The molecule has 1 N–H and O–H groups in total. The normalized spacial score (nSPS) is 16.3. The average molecular weight is 289 g/mol. The van der Waals surface area contributed by atoms with Gasteiger partial charge in [0.15, 0.2) is 5.58 Å². The molecule has 0 bridgehead atoms.